The highest BCUT2D eigenvalue weighted by Crippen LogP contribution is 2.39. The molecule has 114 valence electrons. The van der Waals surface area contributed by atoms with Gasteiger partial charge in [0.2, 0.25) is 5.91 Å². The van der Waals surface area contributed by atoms with Gasteiger partial charge in [-0.1, -0.05) is 19.3 Å². The van der Waals surface area contributed by atoms with E-state index in [1.165, 1.54) is 6.07 Å². The van der Waals surface area contributed by atoms with Crippen LogP contribution >= 0.6 is 0 Å². The van der Waals surface area contributed by atoms with Crippen LogP contribution in [0.4, 0.5) is 14.5 Å². The van der Waals surface area contributed by atoms with E-state index in [1.54, 1.807) is 0 Å². The van der Waals surface area contributed by atoms with Gasteiger partial charge in [-0.3, -0.25) is 9.59 Å². The van der Waals surface area contributed by atoms with Crippen LogP contribution in [0.15, 0.2) is 18.2 Å². The summed E-state index contributed by atoms with van der Waals surface area (Å²) in [5.41, 5.74) is -0.920. The number of hydrogen-bond acceptors (Lipinski definition) is 2. The lowest BCUT2D eigenvalue weighted by molar-refractivity contribution is -0.153. The van der Waals surface area contributed by atoms with Crippen molar-refractivity contribution < 1.29 is 23.5 Å². The summed E-state index contributed by atoms with van der Waals surface area (Å²) in [6, 6.07) is 3.03. The van der Waals surface area contributed by atoms with E-state index in [0.717, 1.165) is 31.4 Å². The number of carbonyl (C=O) groups excluding carboxylic acids is 1. The van der Waals surface area contributed by atoms with E-state index < -0.39 is 28.9 Å². The van der Waals surface area contributed by atoms with Crippen LogP contribution in [-0.4, -0.2) is 17.0 Å². The Balaban J connectivity index is 2.05. The third kappa shape index (κ3) is 3.56. The first kappa shape index (κ1) is 15.4. The Morgan fingerprint density at radius 1 is 1.14 bits per heavy atom. The molecule has 0 bridgehead atoms. The standard InChI is InChI=1S/C15H17F2NO3/c16-11-5-4-10(8-12(11)17)18-13(19)9-15(14(20)21)6-2-1-3-7-15/h4-5,8H,1-3,6-7,9H2,(H,18,19)(H,20,21). The minimum atomic E-state index is -1.06. The van der Waals surface area contributed by atoms with Crippen molar-refractivity contribution in [1.82, 2.24) is 0 Å². The topological polar surface area (TPSA) is 66.4 Å². The fraction of sp³-hybridized carbons (Fsp3) is 0.467. The van der Waals surface area contributed by atoms with Crippen molar-refractivity contribution in [3.8, 4) is 0 Å². The number of anilines is 1. The average molecular weight is 297 g/mol. The lowest BCUT2D eigenvalue weighted by atomic mass is 9.71. The lowest BCUT2D eigenvalue weighted by Gasteiger charge is -2.32. The van der Waals surface area contributed by atoms with Crippen molar-refractivity contribution in [2.24, 2.45) is 5.41 Å². The molecule has 0 aliphatic heterocycles. The van der Waals surface area contributed by atoms with Gasteiger partial charge in [0.05, 0.1) is 5.41 Å². The van der Waals surface area contributed by atoms with E-state index >= 15 is 0 Å². The normalized spacial score (nSPS) is 17.2. The van der Waals surface area contributed by atoms with Crippen LogP contribution in [0.25, 0.3) is 0 Å². The van der Waals surface area contributed by atoms with Crippen molar-refractivity contribution in [3.05, 3.63) is 29.8 Å². The number of carboxylic acids is 1. The fourth-order valence-corrected chi connectivity index (χ4v) is 2.78. The molecule has 0 aromatic heterocycles. The molecule has 1 amide bonds. The summed E-state index contributed by atoms with van der Waals surface area (Å²) in [4.78, 5) is 23.5. The molecular formula is C15H17F2NO3. The Morgan fingerprint density at radius 2 is 1.81 bits per heavy atom. The quantitative estimate of drug-likeness (QED) is 0.895. The van der Waals surface area contributed by atoms with Gasteiger partial charge in [-0.2, -0.15) is 0 Å². The Labute approximate surface area is 121 Å². The SMILES string of the molecule is O=C(CC1(C(=O)O)CCCCC1)Nc1ccc(F)c(F)c1. The molecule has 1 aliphatic rings. The molecule has 0 atom stereocenters. The molecule has 6 heteroatoms. The second-order valence-electron chi connectivity index (χ2n) is 5.50. The largest absolute Gasteiger partial charge is 0.481 e. The molecular weight excluding hydrogens is 280 g/mol. The van der Waals surface area contributed by atoms with E-state index in [2.05, 4.69) is 5.32 Å². The summed E-state index contributed by atoms with van der Waals surface area (Å²) < 4.78 is 25.9. The van der Waals surface area contributed by atoms with Crippen molar-refractivity contribution in [1.29, 1.82) is 0 Å². The fourth-order valence-electron chi connectivity index (χ4n) is 2.78. The lowest BCUT2D eigenvalue weighted by Crippen LogP contribution is -2.37. The Kier molecular flexibility index (Phi) is 4.55. The number of halogens is 2. The third-order valence-electron chi connectivity index (χ3n) is 3.97. The zero-order valence-corrected chi connectivity index (χ0v) is 11.5. The maximum Gasteiger partial charge on any atom is 0.310 e. The Bertz CT molecular complexity index is 554. The monoisotopic (exact) mass is 297 g/mol. The minimum absolute atomic E-state index is 0.121. The molecule has 0 spiro atoms. The number of carboxylic acid groups (broad SMARTS) is 1. The first-order chi connectivity index (χ1) is 9.93. The first-order valence-electron chi connectivity index (χ1n) is 6.91. The molecule has 1 aromatic rings. The summed E-state index contributed by atoms with van der Waals surface area (Å²) >= 11 is 0. The number of nitrogens with one attached hydrogen (secondary N) is 1. The van der Waals surface area contributed by atoms with Crippen LogP contribution in [0.2, 0.25) is 0 Å². The summed E-state index contributed by atoms with van der Waals surface area (Å²) in [5, 5.41) is 11.8. The van der Waals surface area contributed by atoms with E-state index in [1.807, 2.05) is 0 Å². The molecule has 0 saturated heterocycles. The van der Waals surface area contributed by atoms with E-state index in [0.29, 0.717) is 12.8 Å². The van der Waals surface area contributed by atoms with Crippen LogP contribution in [0, 0.1) is 17.0 Å². The molecule has 2 N–H and O–H groups in total. The number of rotatable bonds is 4. The van der Waals surface area contributed by atoms with Gasteiger partial charge in [-0.05, 0) is 25.0 Å². The van der Waals surface area contributed by atoms with Crippen LogP contribution in [-0.2, 0) is 9.59 Å². The van der Waals surface area contributed by atoms with Crippen molar-refractivity contribution in [2.45, 2.75) is 38.5 Å². The summed E-state index contributed by atoms with van der Waals surface area (Å²) in [5.74, 6) is -3.52. The average Bonchev–Trinajstić information content (AvgIpc) is 2.43. The zero-order valence-electron chi connectivity index (χ0n) is 11.5. The third-order valence-corrected chi connectivity index (χ3v) is 3.97. The maximum atomic E-state index is 13.1. The highest BCUT2D eigenvalue weighted by Gasteiger charge is 2.41. The Hall–Kier alpha value is -1.98. The molecule has 4 nitrogen and oxygen atoms in total. The maximum absolute atomic E-state index is 13.1. The van der Waals surface area contributed by atoms with Crippen LogP contribution in [0.1, 0.15) is 38.5 Å². The Morgan fingerprint density at radius 3 is 2.38 bits per heavy atom. The molecule has 0 unspecified atom stereocenters. The summed E-state index contributed by atoms with van der Waals surface area (Å²) in [7, 11) is 0. The van der Waals surface area contributed by atoms with Gasteiger partial charge in [-0.25, -0.2) is 8.78 Å². The van der Waals surface area contributed by atoms with Gasteiger partial charge in [0.25, 0.3) is 0 Å². The number of amides is 1. The van der Waals surface area contributed by atoms with Gasteiger partial charge in [0.1, 0.15) is 0 Å². The van der Waals surface area contributed by atoms with E-state index in [9.17, 15) is 23.5 Å². The second kappa shape index (κ2) is 6.20. The van der Waals surface area contributed by atoms with Crippen LogP contribution in [0.3, 0.4) is 0 Å². The predicted molar refractivity (Wildman–Crippen MR) is 72.8 cm³/mol. The highest BCUT2D eigenvalue weighted by molar-refractivity contribution is 5.94. The van der Waals surface area contributed by atoms with Gasteiger partial charge in [0, 0.05) is 18.2 Å². The van der Waals surface area contributed by atoms with Gasteiger partial charge < -0.3 is 10.4 Å². The number of hydrogen-bond donors (Lipinski definition) is 2. The highest BCUT2D eigenvalue weighted by atomic mass is 19.2. The molecule has 0 radical (unpaired) electrons. The molecule has 1 fully saturated rings. The number of carbonyl (C=O) groups is 2. The van der Waals surface area contributed by atoms with E-state index in [-0.39, 0.29) is 12.1 Å². The van der Waals surface area contributed by atoms with Gasteiger partial charge in [0.15, 0.2) is 11.6 Å². The van der Waals surface area contributed by atoms with Crippen LogP contribution < -0.4 is 5.32 Å². The molecule has 1 saturated carbocycles. The second-order valence-corrected chi connectivity index (χ2v) is 5.50. The van der Waals surface area contributed by atoms with Gasteiger partial charge in [-0.15, -0.1) is 0 Å². The minimum Gasteiger partial charge on any atom is -0.481 e. The molecule has 1 aliphatic carbocycles. The zero-order chi connectivity index (χ0) is 15.5. The van der Waals surface area contributed by atoms with Crippen LogP contribution in [0.5, 0.6) is 0 Å². The summed E-state index contributed by atoms with van der Waals surface area (Å²) in [6.07, 6.45) is 3.32. The number of benzene rings is 1. The van der Waals surface area contributed by atoms with E-state index in [4.69, 9.17) is 0 Å². The summed E-state index contributed by atoms with van der Waals surface area (Å²) in [6.45, 7) is 0. The molecule has 21 heavy (non-hydrogen) atoms. The van der Waals surface area contributed by atoms with Crippen molar-refractivity contribution in [3.63, 3.8) is 0 Å². The van der Waals surface area contributed by atoms with Crippen molar-refractivity contribution >= 4 is 17.6 Å². The predicted octanol–water partition coefficient (Wildman–Crippen LogP) is 3.33. The van der Waals surface area contributed by atoms with Crippen molar-refractivity contribution in [2.75, 3.05) is 5.32 Å². The first-order valence-corrected chi connectivity index (χ1v) is 6.91. The number of aliphatic carboxylic acids is 1. The molecule has 1 aromatic carbocycles. The smallest absolute Gasteiger partial charge is 0.310 e. The molecule has 0 heterocycles. The van der Waals surface area contributed by atoms with Gasteiger partial charge >= 0.3 is 5.97 Å². The molecule has 2 rings (SSSR count).